The highest BCUT2D eigenvalue weighted by Crippen LogP contribution is 2.13. The lowest BCUT2D eigenvalue weighted by Crippen LogP contribution is -2.01. The largest absolute Gasteiger partial charge is 0.370 e. The summed E-state index contributed by atoms with van der Waals surface area (Å²) in [4.78, 5) is 13.0. The van der Waals surface area contributed by atoms with Gasteiger partial charge in [-0.25, -0.2) is 15.0 Å². The van der Waals surface area contributed by atoms with Gasteiger partial charge >= 0.3 is 0 Å². The molecule has 2 aromatic heterocycles. The molecule has 0 bridgehead atoms. The first-order chi connectivity index (χ1) is 7.79. The topological polar surface area (TPSA) is 50.7 Å². The molecule has 0 amide bonds. The van der Waals surface area contributed by atoms with Gasteiger partial charge in [-0.15, -0.1) is 0 Å². The van der Waals surface area contributed by atoms with Crippen LogP contribution in [0.4, 0.5) is 5.82 Å². The van der Waals surface area contributed by atoms with Crippen LogP contribution in [0.5, 0.6) is 0 Å². The van der Waals surface area contributed by atoms with Gasteiger partial charge in [0.15, 0.2) is 5.82 Å². The summed E-state index contributed by atoms with van der Waals surface area (Å²) in [5.41, 5.74) is 1.77. The number of pyridine rings is 1. The Hall–Kier alpha value is -1.97. The SMILES string of the molecule is CCNc1ccnc(-c2cccc(C)n2)n1. The minimum atomic E-state index is 0.655. The van der Waals surface area contributed by atoms with Gasteiger partial charge in [-0.05, 0) is 32.0 Å². The molecular weight excluding hydrogens is 200 g/mol. The van der Waals surface area contributed by atoms with E-state index in [0.29, 0.717) is 5.82 Å². The lowest BCUT2D eigenvalue weighted by Gasteiger charge is -2.04. The van der Waals surface area contributed by atoms with Crippen molar-refractivity contribution >= 4 is 5.82 Å². The van der Waals surface area contributed by atoms with Gasteiger partial charge in [0.25, 0.3) is 0 Å². The molecule has 0 saturated carbocycles. The van der Waals surface area contributed by atoms with Crippen molar-refractivity contribution in [2.45, 2.75) is 13.8 Å². The summed E-state index contributed by atoms with van der Waals surface area (Å²) >= 11 is 0. The van der Waals surface area contributed by atoms with Crippen molar-refractivity contribution in [1.82, 2.24) is 15.0 Å². The van der Waals surface area contributed by atoms with Crippen LogP contribution < -0.4 is 5.32 Å². The lowest BCUT2D eigenvalue weighted by molar-refractivity contribution is 1.09. The fourth-order valence-corrected chi connectivity index (χ4v) is 1.43. The van der Waals surface area contributed by atoms with Crippen molar-refractivity contribution in [2.75, 3.05) is 11.9 Å². The average molecular weight is 214 g/mol. The van der Waals surface area contributed by atoms with Crippen LogP contribution in [0.15, 0.2) is 30.5 Å². The molecule has 0 saturated heterocycles. The summed E-state index contributed by atoms with van der Waals surface area (Å²) in [5.74, 6) is 1.48. The van der Waals surface area contributed by atoms with E-state index in [1.165, 1.54) is 0 Å². The van der Waals surface area contributed by atoms with Gasteiger partial charge in [-0.1, -0.05) is 6.07 Å². The maximum Gasteiger partial charge on any atom is 0.180 e. The summed E-state index contributed by atoms with van der Waals surface area (Å²) in [5, 5.41) is 3.15. The maximum absolute atomic E-state index is 4.39. The molecule has 0 aliphatic heterocycles. The van der Waals surface area contributed by atoms with Crippen molar-refractivity contribution in [3.05, 3.63) is 36.2 Å². The van der Waals surface area contributed by atoms with Gasteiger partial charge in [0.1, 0.15) is 11.5 Å². The van der Waals surface area contributed by atoms with E-state index in [0.717, 1.165) is 23.8 Å². The van der Waals surface area contributed by atoms with Gasteiger partial charge in [0.05, 0.1) is 0 Å². The quantitative estimate of drug-likeness (QED) is 0.851. The third kappa shape index (κ3) is 2.34. The van der Waals surface area contributed by atoms with Gasteiger partial charge < -0.3 is 5.32 Å². The molecule has 0 fully saturated rings. The van der Waals surface area contributed by atoms with Gasteiger partial charge in [-0.2, -0.15) is 0 Å². The molecule has 0 spiro atoms. The van der Waals surface area contributed by atoms with Gasteiger partial charge in [0, 0.05) is 18.4 Å². The number of hydrogen-bond acceptors (Lipinski definition) is 4. The van der Waals surface area contributed by atoms with E-state index in [-0.39, 0.29) is 0 Å². The van der Waals surface area contributed by atoms with Crippen molar-refractivity contribution < 1.29 is 0 Å². The molecule has 82 valence electrons. The normalized spacial score (nSPS) is 10.1. The van der Waals surface area contributed by atoms with Crippen LogP contribution in [-0.4, -0.2) is 21.5 Å². The first-order valence-electron chi connectivity index (χ1n) is 5.30. The van der Waals surface area contributed by atoms with Crippen molar-refractivity contribution in [1.29, 1.82) is 0 Å². The third-order valence-electron chi connectivity index (χ3n) is 2.13. The molecule has 2 rings (SSSR count). The summed E-state index contributed by atoms with van der Waals surface area (Å²) in [7, 11) is 0. The Morgan fingerprint density at radius 2 is 2.06 bits per heavy atom. The Kier molecular flexibility index (Phi) is 3.10. The summed E-state index contributed by atoms with van der Waals surface area (Å²) < 4.78 is 0. The lowest BCUT2D eigenvalue weighted by atomic mass is 10.3. The zero-order valence-corrected chi connectivity index (χ0v) is 9.44. The highest BCUT2D eigenvalue weighted by molar-refractivity contribution is 5.52. The zero-order valence-electron chi connectivity index (χ0n) is 9.44. The molecule has 0 atom stereocenters. The molecule has 4 heteroatoms. The average Bonchev–Trinajstić information content (AvgIpc) is 2.30. The second kappa shape index (κ2) is 4.70. The summed E-state index contributed by atoms with van der Waals surface area (Å²) in [6.45, 7) is 4.84. The van der Waals surface area contributed by atoms with E-state index in [9.17, 15) is 0 Å². The molecule has 16 heavy (non-hydrogen) atoms. The van der Waals surface area contributed by atoms with E-state index in [4.69, 9.17) is 0 Å². The smallest absolute Gasteiger partial charge is 0.180 e. The van der Waals surface area contributed by atoms with Crippen LogP contribution in [0.2, 0.25) is 0 Å². The number of hydrogen-bond donors (Lipinski definition) is 1. The third-order valence-corrected chi connectivity index (χ3v) is 2.13. The standard InChI is InChI=1S/C12H14N4/c1-3-13-11-7-8-14-12(16-11)10-6-4-5-9(2)15-10/h4-8H,3H2,1-2H3,(H,13,14,16). The zero-order chi connectivity index (χ0) is 11.4. The van der Waals surface area contributed by atoms with Gasteiger partial charge in [-0.3, -0.25) is 0 Å². The van der Waals surface area contributed by atoms with Crippen LogP contribution in [0, 0.1) is 6.92 Å². The molecule has 2 heterocycles. The highest BCUT2D eigenvalue weighted by Gasteiger charge is 2.03. The van der Waals surface area contributed by atoms with Crippen LogP contribution in [0.25, 0.3) is 11.5 Å². The molecular formula is C12H14N4. The number of anilines is 1. The molecule has 0 aliphatic rings. The monoisotopic (exact) mass is 214 g/mol. The fourth-order valence-electron chi connectivity index (χ4n) is 1.43. The molecule has 2 aromatic rings. The number of aromatic nitrogens is 3. The van der Waals surface area contributed by atoms with E-state index < -0.39 is 0 Å². The Balaban J connectivity index is 2.36. The Morgan fingerprint density at radius 1 is 1.19 bits per heavy atom. The number of aryl methyl sites for hydroxylation is 1. The Bertz CT molecular complexity index is 482. The second-order valence-corrected chi connectivity index (χ2v) is 3.46. The molecule has 0 radical (unpaired) electrons. The van der Waals surface area contributed by atoms with Gasteiger partial charge in [0.2, 0.25) is 0 Å². The summed E-state index contributed by atoms with van der Waals surface area (Å²) in [6, 6.07) is 7.68. The highest BCUT2D eigenvalue weighted by atomic mass is 15.0. The van der Waals surface area contributed by atoms with Crippen molar-refractivity contribution in [2.24, 2.45) is 0 Å². The van der Waals surface area contributed by atoms with Crippen LogP contribution >= 0.6 is 0 Å². The van der Waals surface area contributed by atoms with E-state index >= 15 is 0 Å². The van der Waals surface area contributed by atoms with Crippen molar-refractivity contribution in [3.8, 4) is 11.5 Å². The molecule has 4 nitrogen and oxygen atoms in total. The predicted molar refractivity (Wildman–Crippen MR) is 64.2 cm³/mol. The van der Waals surface area contributed by atoms with E-state index in [1.54, 1.807) is 6.20 Å². The maximum atomic E-state index is 4.39. The number of rotatable bonds is 3. The minimum Gasteiger partial charge on any atom is -0.370 e. The van der Waals surface area contributed by atoms with Crippen LogP contribution in [-0.2, 0) is 0 Å². The number of nitrogens with one attached hydrogen (secondary N) is 1. The predicted octanol–water partition coefficient (Wildman–Crippen LogP) is 2.28. The van der Waals surface area contributed by atoms with E-state index in [2.05, 4.69) is 20.3 Å². The first-order valence-corrected chi connectivity index (χ1v) is 5.30. The molecule has 0 aromatic carbocycles. The second-order valence-electron chi connectivity index (χ2n) is 3.46. The number of nitrogens with zero attached hydrogens (tertiary/aromatic N) is 3. The van der Waals surface area contributed by atoms with Crippen LogP contribution in [0.1, 0.15) is 12.6 Å². The molecule has 1 N–H and O–H groups in total. The van der Waals surface area contributed by atoms with E-state index in [1.807, 2.05) is 38.1 Å². The first kappa shape index (κ1) is 10.5. The summed E-state index contributed by atoms with van der Waals surface area (Å²) in [6.07, 6.45) is 1.74. The molecule has 0 aliphatic carbocycles. The minimum absolute atomic E-state index is 0.655. The van der Waals surface area contributed by atoms with Crippen molar-refractivity contribution in [3.63, 3.8) is 0 Å². The van der Waals surface area contributed by atoms with Crippen LogP contribution in [0.3, 0.4) is 0 Å². The Labute approximate surface area is 94.8 Å². The molecule has 0 unspecified atom stereocenters. The fraction of sp³-hybridized carbons (Fsp3) is 0.250. The Morgan fingerprint density at radius 3 is 2.81 bits per heavy atom.